The molecular formula is C11H18N4O. The zero-order valence-corrected chi connectivity index (χ0v) is 9.59. The number of rotatable bonds is 4. The Morgan fingerprint density at radius 3 is 3.06 bits per heavy atom. The lowest BCUT2D eigenvalue weighted by Crippen LogP contribution is -2.32. The topological polar surface area (TPSA) is 64.3 Å². The molecule has 0 aromatic carbocycles. The van der Waals surface area contributed by atoms with E-state index >= 15 is 0 Å². The van der Waals surface area contributed by atoms with Crippen LogP contribution in [0.15, 0.2) is 12.4 Å². The van der Waals surface area contributed by atoms with Gasteiger partial charge in [-0.3, -0.25) is 4.98 Å². The van der Waals surface area contributed by atoms with Crippen LogP contribution >= 0.6 is 0 Å². The van der Waals surface area contributed by atoms with Crippen molar-refractivity contribution in [3.05, 3.63) is 12.4 Å². The summed E-state index contributed by atoms with van der Waals surface area (Å²) in [4.78, 5) is 10.5. The van der Waals surface area contributed by atoms with Crippen LogP contribution < -0.4 is 10.6 Å². The van der Waals surface area contributed by atoms with Crippen molar-refractivity contribution >= 4 is 11.6 Å². The molecule has 1 aliphatic heterocycles. The maximum Gasteiger partial charge on any atom is 0.149 e. The summed E-state index contributed by atoms with van der Waals surface area (Å²) in [6, 6.07) is 0. The Morgan fingerprint density at radius 1 is 1.56 bits per heavy atom. The van der Waals surface area contributed by atoms with E-state index in [9.17, 15) is 0 Å². The predicted molar refractivity (Wildman–Crippen MR) is 63.3 cm³/mol. The smallest absolute Gasteiger partial charge is 0.149 e. The molecule has 0 aliphatic carbocycles. The van der Waals surface area contributed by atoms with E-state index in [0.29, 0.717) is 11.9 Å². The third kappa shape index (κ3) is 2.61. The van der Waals surface area contributed by atoms with Crippen molar-refractivity contribution in [1.82, 2.24) is 9.97 Å². The molecule has 88 valence electrons. The Kier molecular flexibility index (Phi) is 3.56. The summed E-state index contributed by atoms with van der Waals surface area (Å²) in [6.07, 6.45) is 5.91. The van der Waals surface area contributed by atoms with E-state index in [0.717, 1.165) is 38.4 Å². The first kappa shape index (κ1) is 11.1. The van der Waals surface area contributed by atoms with Crippen LogP contribution in [0.25, 0.3) is 0 Å². The van der Waals surface area contributed by atoms with Gasteiger partial charge in [0.15, 0.2) is 0 Å². The SMILES string of the molecule is CCN(CC1CCCO1)c1cncc(N)n1. The van der Waals surface area contributed by atoms with E-state index in [-0.39, 0.29) is 0 Å². The molecule has 0 bridgehead atoms. The molecule has 5 heteroatoms. The number of ether oxygens (including phenoxy) is 1. The van der Waals surface area contributed by atoms with Gasteiger partial charge in [-0.05, 0) is 19.8 Å². The first-order chi connectivity index (χ1) is 7.79. The summed E-state index contributed by atoms with van der Waals surface area (Å²) < 4.78 is 5.62. The lowest BCUT2D eigenvalue weighted by atomic mass is 10.2. The first-order valence-corrected chi connectivity index (χ1v) is 5.73. The lowest BCUT2D eigenvalue weighted by molar-refractivity contribution is 0.115. The van der Waals surface area contributed by atoms with Crippen LogP contribution in [0.3, 0.4) is 0 Å². The number of anilines is 2. The molecule has 0 radical (unpaired) electrons. The minimum Gasteiger partial charge on any atom is -0.382 e. The van der Waals surface area contributed by atoms with Gasteiger partial charge in [0, 0.05) is 19.7 Å². The number of hydrogen-bond donors (Lipinski definition) is 1. The molecule has 0 amide bonds. The molecule has 2 rings (SSSR count). The summed E-state index contributed by atoms with van der Waals surface area (Å²) >= 11 is 0. The van der Waals surface area contributed by atoms with Crippen LogP contribution in [0, 0.1) is 0 Å². The summed E-state index contributed by atoms with van der Waals surface area (Å²) in [5, 5.41) is 0. The van der Waals surface area contributed by atoms with Gasteiger partial charge in [0.1, 0.15) is 11.6 Å². The standard InChI is InChI=1S/C11H18N4O/c1-2-15(8-9-4-3-5-16-9)11-7-13-6-10(12)14-11/h6-7,9H,2-5,8H2,1H3,(H2,12,14). The normalized spacial score (nSPS) is 19.9. The minimum atomic E-state index is 0.322. The summed E-state index contributed by atoms with van der Waals surface area (Å²) in [5.41, 5.74) is 5.63. The fraction of sp³-hybridized carbons (Fsp3) is 0.636. The highest BCUT2D eigenvalue weighted by Gasteiger charge is 2.19. The second kappa shape index (κ2) is 5.12. The first-order valence-electron chi connectivity index (χ1n) is 5.73. The van der Waals surface area contributed by atoms with E-state index in [1.54, 1.807) is 12.4 Å². The largest absolute Gasteiger partial charge is 0.382 e. The quantitative estimate of drug-likeness (QED) is 0.825. The molecule has 0 spiro atoms. The predicted octanol–water partition coefficient (Wildman–Crippen LogP) is 1.06. The van der Waals surface area contributed by atoms with Gasteiger partial charge in [0.2, 0.25) is 0 Å². The monoisotopic (exact) mass is 222 g/mol. The number of nitrogens with zero attached hydrogens (tertiary/aromatic N) is 3. The van der Waals surface area contributed by atoms with Crippen LogP contribution in [0.2, 0.25) is 0 Å². The van der Waals surface area contributed by atoms with Crippen molar-refractivity contribution in [1.29, 1.82) is 0 Å². The second-order valence-electron chi connectivity index (χ2n) is 3.98. The highest BCUT2D eigenvalue weighted by Crippen LogP contribution is 2.17. The fourth-order valence-electron chi connectivity index (χ4n) is 1.94. The number of nitrogens with two attached hydrogens (primary N) is 1. The van der Waals surface area contributed by atoms with Crippen molar-refractivity contribution < 1.29 is 4.74 Å². The van der Waals surface area contributed by atoms with E-state index in [1.165, 1.54) is 0 Å². The molecule has 1 aromatic rings. The van der Waals surface area contributed by atoms with Gasteiger partial charge in [-0.15, -0.1) is 0 Å². The third-order valence-electron chi connectivity index (χ3n) is 2.79. The van der Waals surface area contributed by atoms with Crippen LogP contribution in [0.5, 0.6) is 0 Å². The Morgan fingerprint density at radius 2 is 2.44 bits per heavy atom. The van der Waals surface area contributed by atoms with Gasteiger partial charge in [-0.1, -0.05) is 0 Å². The van der Waals surface area contributed by atoms with E-state index in [4.69, 9.17) is 10.5 Å². The fourth-order valence-corrected chi connectivity index (χ4v) is 1.94. The lowest BCUT2D eigenvalue weighted by Gasteiger charge is -2.24. The molecule has 1 atom stereocenters. The van der Waals surface area contributed by atoms with Gasteiger partial charge in [0.25, 0.3) is 0 Å². The van der Waals surface area contributed by atoms with E-state index in [2.05, 4.69) is 21.8 Å². The van der Waals surface area contributed by atoms with E-state index in [1.807, 2.05) is 0 Å². The maximum absolute atomic E-state index is 5.63. The summed E-state index contributed by atoms with van der Waals surface area (Å²) in [5.74, 6) is 1.29. The molecule has 1 aromatic heterocycles. The van der Waals surface area contributed by atoms with Crippen molar-refractivity contribution in [2.45, 2.75) is 25.9 Å². The zero-order chi connectivity index (χ0) is 11.4. The second-order valence-corrected chi connectivity index (χ2v) is 3.98. The number of aromatic nitrogens is 2. The number of nitrogen functional groups attached to an aromatic ring is 1. The van der Waals surface area contributed by atoms with Gasteiger partial charge in [-0.2, -0.15) is 0 Å². The van der Waals surface area contributed by atoms with Crippen molar-refractivity contribution in [2.24, 2.45) is 0 Å². The van der Waals surface area contributed by atoms with Crippen molar-refractivity contribution in [3.8, 4) is 0 Å². The Hall–Kier alpha value is -1.36. The number of likely N-dealkylation sites (N-methyl/N-ethyl adjacent to an activating group) is 1. The molecule has 2 N–H and O–H groups in total. The van der Waals surface area contributed by atoms with Gasteiger partial charge in [-0.25, -0.2) is 4.98 Å². The highest BCUT2D eigenvalue weighted by molar-refractivity contribution is 5.41. The Balaban J connectivity index is 2.03. The Labute approximate surface area is 95.6 Å². The van der Waals surface area contributed by atoms with Gasteiger partial charge in [0.05, 0.1) is 18.5 Å². The average Bonchev–Trinajstić information content (AvgIpc) is 2.78. The molecule has 1 fully saturated rings. The van der Waals surface area contributed by atoms with Gasteiger partial charge >= 0.3 is 0 Å². The van der Waals surface area contributed by atoms with E-state index < -0.39 is 0 Å². The minimum absolute atomic E-state index is 0.322. The highest BCUT2D eigenvalue weighted by atomic mass is 16.5. The number of hydrogen-bond acceptors (Lipinski definition) is 5. The summed E-state index contributed by atoms with van der Waals surface area (Å²) in [7, 11) is 0. The molecule has 1 unspecified atom stereocenters. The van der Waals surface area contributed by atoms with Crippen LogP contribution in [-0.2, 0) is 4.74 Å². The molecular weight excluding hydrogens is 204 g/mol. The maximum atomic E-state index is 5.63. The van der Waals surface area contributed by atoms with Crippen LogP contribution in [-0.4, -0.2) is 35.8 Å². The van der Waals surface area contributed by atoms with Crippen LogP contribution in [0.1, 0.15) is 19.8 Å². The molecule has 1 saturated heterocycles. The average molecular weight is 222 g/mol. The summed E-state index contributed by atoms with van der Waals surface area (Å²) in [6.45, 7) is 4.73. The molecule has 2 heterocycles. The molecule has 0 saturated carbocycles. The van der Waals surface area contributed by atoms with Crippen LogP contribution in [0.4, 0.5) is 11.6 Å². The molecule has 16 heavy (non-hydrogen) atoms. The molecule has 1 aliphatic rings. The Bertz CT molecular complexity index is 339. The molecule has 5 nitrogen and oxygen atoms in total. The van der Waals surface area contributed by atoms with Crippen molar-refractivity contribution in [2.75, 3.05) is 30.3 Å². The van der Waals surface area contributed by atoms with Gasteiger partial charge < -0.3 is 15.4 Å². The zero-order valence-electron chi connectivity index (χ0n) is 9.59. The van der Waals surface area contributed by atoms with Crippen molar-refractivity contribution in [3.63, 3.8) is 0 Å². The third-order valence-corrected chi connectivity index (χ3v) is 2.79.